The summed E-state index contributed by atoms with van der Waals surface area (Å²) >= 11 is 0. The van der Waals surface area contributed by atoms with Crippen LogP contribution >= 0.6 is 0 Å². The van der Waals surface area contributed by atoms with E-state index in [0.29, 0.717) is 16.3 Å². The van der Waals surface area contributed by atoms with Crippen LogP contribution in [0, 0.1) is 0 Å². The molecule has 1 aromatic carbocycles. The number of nitrogens with zero attached hydrogens (tertiary/aromatic N) is 1. The van der Waals surface area contributed by atoms with E-state index >= 15 is 0 Å². The normalized spacial score (nSPS) is 28.8. The Morgan fingerprint density at radius 1 is 1.41 bits per heavy atom. The fourth-order valence-electron chi connectivity index (χ4n) is 2.46. The van der Waals surface area contributed by atoms with E-state index in [1.807, 2.05) is 12.1 Å². The largest absolute Gasteiger partial charge is 0.464 e. The number of hydrogen-bond acceptors (Lipinski definition) is 4. The van der Waals surface area contributed by atoms with E-state index in [1.54, 1.807) is 12.1 Å². The van der Waals surface area contributed by atoms with Gasteiger partial charge in [0, 0.05) is 6.42 Å². The van der Waals surface area contributed by atoms with Gasteiger partial charge in [-0.05, 0) is 11.1 Å². The minimum atomic E-state index is -4.15. The first-order valence-electron chi connectivity index (χ1n) is 5.04. The third kappa shape index (κ3) is 1.36. The van der Waals surface area contributed by atoms with Crippen LogP contribution in [-0.4, -0.2) is 30.0 Å². The smallest absolute Gasteiger partial charge is 0.423 e. The van der Waals surface area contributed by atoms with E-state index in [4.69, 9.17) is 9.29 Å². The quantitative estimate of drug-likeness (QED) is 0.744. The number of hydrogen-bond donors (Lipinski definition) is 1. The van der Waals surface area contributed by atoms with Gasteiger partial charge < -0.3 is 5.11 Å². The molecule has 2 aliphatic rings. The third-order valence-electron chi connectivity index (χ3n) is 3.07. The van der Waals surface area contributed by atoms with Crippen molar-refractivity contribution in [2.45, 2.75) is 18.6 Å². The highest BCUT2D eigenvalue weighted by Gasteiger charge is 2.53. The molecule has 2 atom stereocenters. The molecule has 1 aliphatic carbocycles. The van der Waals surface area contributed by atoms with E-state index < -0.39 is 28.5 Å². The molecule has 17 heavy (non-hydrogen) atoms. The summed E-state index contributed by atoms with van der Waals surface area (Å²) in [6.45, 7) is 0. The zero-order chi connectivity index (χ0) is 12.2. The lowest BCUT2D eigenvalue weighted by atomic mass is 10.1. The van der Waals surface area contributed by atoms with E-state index in [2.05, 4.69) is 0 Å². The first-order chi connectivity index (χ1) is 8.00. The van der Waals surface area contributed by atoms with Crippen LogP contribution in [0.3, 0.4) is 0 Å². The van der Waals surface area contributed by atoms with Gasteiger partial charge in [0.05, 0.1) is 0 Å². The molecule has 1 amide bonds. The van der Waals surface area contributed by atoms with Crippen molar-refractivity contribution in [3.8, 4) is 0 Å². The monoisotopic (exact) mass is 255 g/mol. The molecule has 3 rings (SSSR count). The molecule has 1 fully saturated rings. The van der Waals surface area contributed by atoms with Gasteiger partial charge >= 0.3 is 16.4 Å². The van der Waals surface area contributed by atoms with Gasteiger partial charge in [-0.15, -0.1) is 0 Å². The van der Waals surface area contributed by atoms with E-state index in [9.17, 15) is 13.2 Å². The highest BCUT2D eigenvalue weighted by Crippen LogP contribution is 2.44. The van der Waals surface area contributed by atoms with Crippen molar-refractivity contribution in [3.63, 3.8) is 0 Å². The minimum absolute atomic E-state index is 0.406. The van der Waals surface area contributed by atoms with Crippen LogP contribution in [0.2, 0.25) is 0 Å². The summed E-state index contributed by atoms with van der Waals surface area (Å²) in [5, 5.41) is 8.99. The number of fused-ring (bicyclic) bond motifs is 3. The fourth-order valence-corrected chi connectivity index (χ4v) is 3.75. The van der Waals surface area contributed by atoms with Gasteiger partial charge in [-0.1, -0.05) is 24.3 Å². The Bertz CT molecular complexity index is 596. The second kappa shape index (κ2) is 3.21. The lowest BCUT2D eigenvalue weighted by molar-refractivity contribution is 0.156. The summed E-state index contributed by atoms with van der Waals surface area (Å²) < 4.78 is 28.4. The molecule has 0 radical (unpaired) electrons. The molecule has 6 nitrogen and oxygen atoms in total. The molecule has 0 bridgehead atoms. The number of carboxylic acid groups (broad SMARTS) is 1. The summed E-state index contributed by atoms with van der Waals surface area (Å²) in [7, 11) is -4.15. The zero-order valence-electron chi connectivity index (χ0n) is 8.61. The van der Waals surface area contributed by atoms with Crippen LogP contribution in [0.4, 0.5) is 4.79 Å². The van der Waals surface area contributed by atoms with Gasteiger partial charge in [-0.25, -0.2) is 8.98 Å². The van der Waals surface area contributed by atoms with Gasteiger partial charge in [0.15, 0.2) is 0 Å². The number of benzene rings is 1. The van der Waals surface area contributed by atoms with Crippen molar-refractivity contribution in [1.82, 2.24) is 4.31 Å². The molecule has 1 aliphatic heterocycles. The Morgan fingerprint density at radius 3 is 2.82 bits per heavy atom. The molecular weight excluding hydrogens is 246 g/mol. The number of carbonyl (C=O) groups is 1. The average molecular weight is 255 g/mol. The van der Waals surface area contributed by atoms with Crippen molar-refractivity contribution in [2.24, 2.45) is 0 Å². The lowest BCUT2D eigenvalue weighted by Gasteiger charge is -2.16. The summed E-state index contributed by atoms with van der Waals surface area (Å²) in [6.07, 6.45) is -1.72. The Hall–Kier alpha value is -1.60. The maximum atomic E-state index is 11.5. The molecule has 1 saturated heterocycles. The molecule has 7 heteroatoms. The van der Waals surface area contributed by atoms with Crippen molar-refractivity contribution in [3.05, 3.63) is 35.4 Å². The van der Waals surface area contributed by atoms with Crippen LogP contribution in [0.5, 0.6) is 0 Å². The van der Waals surface area contributed by atoms with Crippen molar-refractivity contribution >= 4 is 16.4 Å². The van der Waals surface area contributed by atoms with E-state index in [0.717, 1.165) is 5.56 Å². The lowest BCUT2D eigenvalue weighted by Crippen LogP contribution is -2.33. The van der Waals surface area contributed by atoms with Crippen LogP contribution in [0.15, 0.2) is 24.3 Å². The Balaban J connectivity index is 2.15. The highest BCUT2D eigenvalue weighted by molar-refractivity contribution is 7.85. The molecule has 0 spiro atoms. The topological polar surface area (TPSA) is 83.9 Å². The molecule has 1 heterocycles. The molecule has 0 aromatic heterocycles. The number of amides is 1. The van der Waals surface area contributed by atoms with Crippen LogP contribution in [-0.2, 0) is 20.9 Å². The van der Waals surface area contributed by atoms with Crippen molar-refractivity contribution in [1.29, 1.82) is 0 Å². The average Bonchev–Trinajstić information content (AvgIpc) is 2.67. The molecule has 1 aromatic rings. The first kappa shape index (κ1) is 10.5. The van der Waals surface area contributed by atoms with E-state index in [-0.39, 0.29) is 0 Å². The standard InChI is InChI=1S/C10H9NO5S/c12-10(13)11-9-7-4-2-1-3-6(7)5-8(9)16-17(11,14)15/h1-4,8-9H,5H2,(H,12,13)/t8-,9+/m0/s1. The summed E-state index contributed by atoms with van der Waals surface area (Å²) in [5.41, 5.74) is 1.64. The summed E-state index contributed by atoms with van der Waals surface area (Å²) in [6, 6.07) is 6.43. The first-order valence-corrected chi connectivity index (χ1v) is 6.40. The maximum absolute atomic E-state index is 11.5. The fraction of sp³-hybridized carbons (Fsp3) is 0.300. The summed E-state index contributed by atoms with van der Waals surface area (Å²) in [4.78, 5) is 11.0. The molecule has 1 N–H and O–H groups in total. The molecular formula is C10H9NO5S. The Kier molecular flexibility index (Phi) is 1.99. The third-order valence-corrected chi connectivity index (χ3v) is 4.43. The molecule has 0 unspecified atom stereocenters. The highest BCUT2D eigenvalue weighted by atomic mass is 32.2. The SMILES string of the molecule is O=C(O)N1[C@@H]2c3ccccc3C[C@@H]2OS1(=O)=O. The van der Waals surface area contributed by atoms with Crippen molar-refractivity contribution in [2.75, 3.05) is 0 Å². The molecule has 90 valence electrons. The summed E-state index contributed by atoms with van der Waals surface area (Å²) in [5.74, 6) is 0. The second-order valence-electron chi connectivity index (χ2n) is 4.02. The Morgan fingerprint density at radius 2 is 2.12 bits per heavy atom. The molecule has 0 saturated carbocycles. The van der Waals surface area contributed by atoms with Gasteiger partial charge in [-0.3, -0.25) is 0 Å². The predicted octanol–water partition coefficient (Wildman–Crippen LogP) is 0.907. The van der Waals surface area contributed by atoms with E-state index in [1.165, 1.54) is 0 Å². The van der Waals surface area contributed by atoms with Gasteiger partial charge in [-0.2, -0.15) is 12.7 Å². The number of rotatable bonds is 0. The van der Waals surface area contributed by atoms with Crippen LogP contribution < -0.4 is 0 Å². The predicted molar refractivity (Wildman–Crippen MR) is 56.5 cm³/mol. The zero-order valence-corrected chi connectivity index (χ0v) is 9.42. The van der Waals surface area contributed by atoms with Gasteiger partial charge in [0.2, 0.25) is 0 Å². The van der Waals surface area contributed by atoms with Crippen LogP contribution in [0.25, 0.3) is 0 Å². The van der Waals surface area contributed by atoms with Gasteiger partial charge in [0.25, 0.3) is 0 Å². The maximum Gasteiger partial charge on any atom is 0.423 e. The Labute approximate surface area is 97.7 Å². The van der Waals surface area contributed by atoms with Gasteiger partial charge in [0.1, 0.15) is 12.1 Å². The minimum Gasteiger partial charge on any atom is -0.464 e. The van der Waals surface area contributed by atoms with Crippen LogP contribution in [0.1, 0.15) is 17.2 Å². The second-order valence-corrected chi connectivity index (χ2v) is 5.46. The van der Waals surface area contributed by atoms with Crippen molar-refractivity contribution < 1.29 is 22.5 Å².